The fraction of sp³-hybridized carbons (Fsp3) is 0.294. The lowest BCUT2D eigenvalue weighted by Gasteiger charge is -2.26. The van der Waals surface area contributed by atoms with E-state index in [1.165, 1.54) is 26.5 Å². The lowest BCUT2D eigenvalue weighted by molar-refractivity contribution is -0.212. The van der Waals surface area contributed by atoms with Crippen LogP contribution in [0.1, 0.15) is 24.6 Å². The summed E-state index contributed by atoms with van der Waals surface area (Å²) in [5.41, 5.74) is 3.13. The molecule has 0 saturated carbocycles. The van der Waals surface area contributed by atoms with Gasteiger partial charge in [-0.15, -0.1) is 0 Å². The highest BCUT2D eigenvalue weighted by Gasteiger charge is 2.22. The molecule has 1 fully saturated rings. The van der Waals surface area contributed by atoms with Crippen molar-refractivity contribution in [2.45, 2.75) is 32.0 Å². The Morgan fingerprint density at radius 1 is 1.17 bits per heavy atom. The number of benzene rings is 2. The third kappa shape index (κ3) is 8.74. The van der Waals surface area contributed by atoms with E-state index in [2.05, 4.69) is 32.0 Å². The first kappa shape index (κ1) is 33.6. The van der Waals surface area contributed by atoms with Crippen molar-refractivity contribution in [1.82, 2.24) is 15.3 Å². The molecule has 47 heavy (non-hydrogen) atoms. The van der Waals surface area contributed by atoms with Crippen molar-refractivity contribution in [3.63, 3.8) is 0 Å². The molecule has 0 radical (unpaired) electrons. The van der Waals surface area contributed by atoms with Crippen molar-refractivity contribution in [2.75, 3.05) is 44.6 Å². The van der Waals surface area contributed by atoms with Crippen molar-refractivity contribution in [3.05, 3.63) is 89.4 Å². The first-order chi connectivity index (χ1) is 22.8. The fourth-order valence-corrected chi connectivity index (χ4v) is 4.94. The average Bonchev–Trinajstić information content (AvgIpc) is 3.60. The molecular formula is C34H35ClN6O6. The minimum absolute atomic E-state index is 0.180. The number of aromatic nitrogens is 2. The van der Waals surface area contributed by atoms with E-state index in [9.17, 15) is 10.1 Å². The molecule has 1 aliphatic rings. The molecule has 12 nitrogen and oxygen atoms in total. The zero-order valence-corrected chi connectivity index (χ0v) is 27.0. The van der Waals surface area contributed by atoms with Crippen LogP contribution in [0.25, 0.3) is 10.9 Å². The monoisotopic (exact) mass is 658 g/mol. The number of pyridine rings is 2. The Balaban J connectivity index is 1.41. The molecule has 3 N–H and O–H groups in total. The number of carbonyl (C=O) groups is 1. The van der Waals surface area contributed by atoms with Gasteiger partial charge in [0.1, 0.15) is 30.3 Å². The number of ether oxygens (including phenoxy) is 5. The third-order valence-electron chi connectivity index (χ3n) is 7.42. The van der Waals surface area contributed by atoms with Crippen molar-refractivity contribution in [1.29, 1.82) is 5.26 Å². The number of nitrogens with one attached hydrogen (secondary N) is 3. The van der Waals surface area contributed by atoms with E-state index in [4.69, 9.17) is 35.3 Å². The maximum atomic E-state index is 13.0. The van der Waals surface area contributed by atoms with Crippen LogP contribution in [0.5, 0.6) is 11.5 Å². The van der Waals surface area contributed by atoms with Crippen LogP contribution in [0.15, 0.2) is 73.1 Å². The van der Waals surface area contributed by atoms with Gasteiger partial charge < -0.3 is 34.3 Å². The van der Waals surface area contributed by atoms with Crippen LogP contribution < -0.4 is 25.4 Å². The Kier molecular flexibility index (Phi) is 11.2. The summed E-state index contributed by atoms with van der Waals surface area (Å²) in [6, 6.07) is 16.5. The smallest absolute Gasteiger partial charge is 0.248 e. The number of halogens is 1. The Morgan fingerprint density at radius 2 is 2.02 bits per heavy atom. The molecule has 4 aromatic rings. The number of nitriles is 1. The van der Waals surface area contributed by atoms with Gasteiger partial charge in [0.2, 0.25) is 11.8 Å². The Morgan fingerprint density at radius 3 is 2.72 bits per heavy atom. The van der Waals surface area contributed by atoms with E-state index in [-0.39, 0.29) is 18.6 Å². The minimum Gasteiger partial charge on any atom is -0.486 e. The third-order valence-corrected chi connectivity index (χ3v) is 7.72. The Hall–Kier alpha value is -4.77. The van der Waals surface area contributed by atoms with E-state index in [1.807, 2.05) is 18.2 Å². The number of nitrogens with zero attached hydrogens (tertiary/aromatic N) is 3. The molecule has 1 atom stereocenters. The molecule has 1 amide bonds. The van der Waals surface area contributed by atoms with Crippen LogP contribution >= 0.6 is 11.6 Å². The molecule has 1 saturated heterocycles. The average molecular weight is 659 g/mol. The van der Waals surface area contributed by atoms with Crippen LogP contribution in [0.3, 0.4) is 0 Å². The van der Waals surface area contributed by atoms with Crippen molar-refractivity contribution in [3.8, 4) is 17.6 Å². The quantitative estimate of drug-likeness (QED) is 0.113. The van der Waals surface area contributed by atoms with E-state index >= 15 is 0 Å². The van der Waals surface area contributed by atoms with Crippen LogP contribution in [0.2, 0.25) is 5.02 Å². The number of anilines is 3. The van der Waals surface area contributed by atoms with Crippen molar-refractivity contribution >= 4 is 45.5 Å². The summed E-state index contributed by atoms with van der Waals surface area (Å²) in [5.74, 6) is -0.458. The van der Waals surface area contributed by atoms with Crippen molar-refractivity contribution < 1.29 is 28.5 Å². The van der Waals surface area contributed by atoms with Crippen LogP contribution in [0.4, 0.5) is 17.1 Å². The highest BCUT2D eigenvalue weighted by Crippen LogP contribution is 2.38. The maximum Gasteiger partial charge on any atom is 0.248 e. The highest BCUT2D eigenvalue weighted by atomic mass is 35.5. The fourth-order valence-electron chi connectivity index (χ4n) is 4.71. The molecule has 0 aliphatic carbocycles. The number of carbonyl (C=O) groups excluding carboxylic acids is 1. The molecule has 5 rings (SSSR count). The first-order valence-electron chi connectivity index (χ1n) is 14.8. The van der Waals surface area contributed by atoms with Gasteiger partial charge in [-0.05, 0) is 36.4 Å². The van der Waals surface area contributed by atoms with Gasteiger partial charge >= 0.3 is 0 Å². The van der Waals surface area contributed by atoms with E-state index in [0.717, 1.165) is 5.69 Å². The molecule has 0 bridgehead atoms. The van der Waals surface area contributed by atoms with Gasteiger partial charge in [-0.1, -0.05) is 23.7 Å². The molecule has 2 aromatic heterocycles. The summed E-state index contributed by atoms with van der Waals surface area (Å²) in [6.45, 7) is 3.32. The van der Waals surface area contributed by atoms with E-state index < -0.39 is 5.91 Å². The van der Waals surface area contributed by atoms with Gasteiger partial charge in [0.25, 0.3) is 0 Å². The number of amides is 1. The van der Waals surface area contributed by atoms with Crippen LogP contribution in [0, 0.1) is 11.3 Å². The molecule has 1 unspecified atom stereocenters. The second-order valence-electron chi connectivity index (χ2n) is 10.6. The highest BCUT2D eigenvalue weighted by molar-refractivity contribution is 6.32. The predicted molar refractivity (Wildman–Crippen MR) is 178 cm³/mol. The predicted octanol–water partition coefficient (Wildman–Crippen LogP) is 5.70. The molecule has 2 aromatic carbocycles. The summed E-state index contributed by atoms with van der Waals surface area (Å²) < 4.78 is 28.1. The molecule has 1 aliphatic heterocycles. The van der Waals surface area contributed by atoms with Gasteiger partial charge in [0.15, 0.2) is 0 Å². The molecular weight excluding hydrogens is 624 g/mol. The Labute approximate surface area is 277 Å². The van der Waals surface area contributed by atoms with Gasteiger partial charge in [-0.3, -0.25) is 20.1 Å². The van der Waals surface area contributed by atoms with Gasteiger partial charge in [-0.25, -0.2) is 0 Å². The largest absolute Gasteiger partial charge is 0.486 e. The Bertz CT molecular complexity index is 1770. The second kappa shape index (κ2) is 15.7. The standard InChI is InChI=1S/C34H35ClN6O6/c1-34(43-2,44-3)39-13-6-8-32(42)41-29-16-26-28(17-31(29)47-25-11-14-45-21-25)38-19-22(18-36)33(26)40-23-9-10-30(27(35)15-23)46-20-24-7-4-5-12-37-24/h4-10,12,15-17,19,25,39H,11,13-14,20-21H2,1-3H3,(H,38,40)(H,41,42). The molecule has 13 heteroatoms. The summed E-state index contributed by atoms with van der Waals surface area (Å²) in [6.07, 6.45) is 6.76. The number of hydrogen-bond acceptors (Lipinski definition) is 11. The number of rotatable bonds is 14. The molecule has 244 valence electrons. The maximum absolute atomic E-state index is 13.0. The minimum atomic E-state index is -0.990. The lowest BCUT2D eigenvalue weighted by Crippen LogP contribution is -2.45. The van der Waals surface area contributed by atoms with Gasteiger partial charge in [0.05, 0.1) is 46.4 Å². The SMILES string of the molecule is COC(C)(NCC=CC(=O)Nc1cc2c(Nc3ccc(OCc4ccccn4)c(Cl)c3)c(C#N)cnc2cc1OC1CCOC1)OC. The summed E-state index contributed by atoms with van der Waals surface area (Å²) in [7, 11) is 3.03. The van der Waals surface area contributed by atoms with E-state index in [0.29, 0.717) is 76.2 Å². The topological polar surface area (TPSA) is 149 Å². The van der Waals surface area contributed by atoms with Crippen LogP contribution in [-0.2, 0) is 25.6 Å². The van der Waals surface area contributed by atoms with Gasteiger partial charge in [-0.2, -0.15) is 5.26 Å². The zero-order chi connectivity index (χ0) is 33.2. The summed E-state index contributed by atoms with van der Waals surface area (Å²) >= 11 is 6.57. The number of fused-ring (bicyclic) bond motifs is 1. The van der Waals surface area contributed by atoms with Crippen molar-refractivity contribution in [2.24, 2.45) is 0 Å². The zero-order valence-electron chi connectivity index (χ0n) is 26.2. The first-order valence-corrected chi connectivity index (χ1v) is 15.2. The summed E-state index contributed by atoms with van der Waals surface area (Å²) in [5, 5.41) is 20.2. The lowest BCUT2D eigenvalue weighted by atomic mass is 10.1. The summed E-state index contributed by atoms with van der Waals surface area (Å²) in [4.78, 5) is 21.8. The van der Waals surface area contributed by atoms with Gasteiger partial charge in [0, 0.05) is 69.7 Å². The second-order valence-corrected chi connectivity index (χ2v) is 11.0. The van der Waals surface area contributed by atoms with Crippen LogP contribution in [-0.4, -0.2) is 61.9 Å². The number of methoxy groups -OCH3 is 2. The van der Waals surface area contributed by atoms with E-state index in [1.54, 1.807) is 49.5 Å². The molecule has 0 spiro atoms. The molecule has 3 heterocycles. The number of hydrogen-bond donors (Lipinski definition) is 3. The normalized spacial score (nSPS) is 14.7.